The average Bonchev–Trinajstić information content (AvgIpc) is 3.56. The second kappa shape index (κ2) is 29.6. The number of carbonyl (C=O) groups excluding carboxylic acids is 1. The van der Waals surface area contributed by atoms with Crippen LogP contribution in [0.4, 0.5) is 4.79 Å². The summed E-state index contributed by atoms with van der Waals surface area (Å²) in [5.74, 6) is 0.922. The van der Waals surface area contributed by atoms with Crippen molar-refractivity contribution in [2.45, 2.75) is 57.8 Å². The second-order valence-corrected chi connectivity index (χ2v) is 14.0. The zero-order valence-corrected chi connectivity index (χ0v) is 34.5. The molecule has 0 saturated heterocycles. The Balaban J connectivity index is 0.830. The molecule has 0 spiro atoms. The van der Waals surface area contributed by atoms with Crippen LogP contribution in [-0.2, 0) is 44.3 Å². The van der Waals surface area contributed by atoms with E-state index in [2.05, 4.69) is 43.3 Å². The van der Waals surface area contributed by atoms with Gasteiger partial charge in [-0.25, -0.2) is 4.79 Å². The van der Waals surface area contributed by atoms with E-state index in [1.807, 2.05) is 36.4 Å². The Labute approximate surface area is 341 Å². The highest BCUT2D eigenvalue weighted by atomic mass is 16.6. The van der Waals surface area contributed by atoms with Gasteiger partial charge < -0.3 is 47.5 Å². The minimum atomic E-state index is -0.360. The first-order valence-electron chi connectivity index (χ1n) is 21.0. The highest BCUT2D eigenvalue weighted by Crippen LogP contribution is 2.44. The Morgan fingerprint density at radius 2 is 0.965 bits per heavy atom. The SMILES string of the molecule is CCCCCCCCc1ccc(OCCOCCOCCOCCOCCOCCOCCOCCN(C)C(=O)OCC2c3ccccc3-c3ccccc32)cc1. The number of rotatable bonds is 34. The zero-order valence-electron chi connectivity index (χ0n) is 34.5. The van der Waals surface area contributed by atoms with Crippen molar-refractivity contribution in [3.8, 4) is 16.9 Å². The average molecular weight is 794 g/mol. The summed E-state index contributed by atoms with van der Waals surface area (Å²) in [5, 5.41) is 0. The number of hydrogen-bond donors (Lipinski definition) is 0. The quantitative estimate of drug-likeness (QED) is 0.0554. The van der Waals surface area contributed by atoms with Crippen molar-refractivity contribution in [2.75, 3.05) is 119 Å². The lowest BCUT2D eigenvalue weighted by atomic mass is 9.98. The van der Waals surface area contributed by atoms with Gasteiger partial charge in [-0.05, 0) is 52.8 Å². The van der Waals surface area contributed by atoms with Crippen molar-refractivity contribution in [2.24, 2.45) is 0 Å². The lowest BCUT2D eigenvalue weighted by Crippen LogP contribution is -2.32. The molecule has 0 aliphatic heterocycles. The zero-order chi connectivity index (χ0) is 40.0. The van der Waals surface area contributed by atoms with Crippen molar-refractivity contribution in [1.82, 2.24) is 4.90 Å². The van der Waals surface area contributed by atoms with Crippen LogP contribution in [0.15, 0.2) is 72.8 Å². The molecule has 0 saturated carbocycles. The summed E-state index contributed by atoms with van der Waals surface area (Å²) in [6, 6.07) is 25.0. The Morgan fingerprint density at radius 3 is 1.47 bits per heavy atom. The molecule has 4 rings (SSSR count). The fourth-order valence-corrected chi connectivity index (χ4v) is 6.50. The molecule has 316 valence electrons. The number of likely N-dealkylation sites (N-methyl/N-ethyl adjacent to an activating group) is 1. The van der Waals surface area contributed by atoms with Crippen LogP contribution in [0.1, 0.15) is 68.1 Å². The molecule has 1 amide bonds. The predicted octanol–water partition coefficient (Wildman–Crippen LogP) is 7.97. The molecule has 0 N–H and O–H groups in total. The van der Waals surface area contributed by atoms with Gasteiger partial charge in [-0.1, -0.05) is 99.7 Å². The minimum Gasteiger partial charge on any atom is -0.491 e. The van der Waals surface area contributed by atoms with Crippen LogP contribution >= 0.6 is 0 Å². The number of ether oxygens (including phenoxy) is 9. The Kier molecular flexibility index (Phi) is 24.0. The number of hydrogen-bond acceptors (Lipinski definition) is 10. The molecule has 0 heterocycles. The van der Waals surface area contributed by atoms with E-state index in [9.17, 15) is 4.79 Å². The first-order chi connectivity index (χ1) is 28.2. The minimum absolute atomic E-state index is 0.0411. The van der Waals surface area contributed by atoms with Crippen LogP contribution < -0.4 is 4.74 Å². The van der Waals surface area contributed by atoms with E-state index in [0.717, 1.165) is 12.2 Å². The molecular weight excluding hydrogens is 727 g/mol. The number of amides is 1. The topological polar surface area (TPSA) is 103 Å². The Bertz CT molecular complexity index is 1430. The third-order valence-electron chi connectivity index (χ3n) is 9.69. The first-order valence-corrected chi connectivity index (χ1v) is 21.0. The molecule has 0 fully saturated rings. The number of fused-ring (bicyclic) bond motifs is 3. The molecule has 3 aromatic carbocycles. The van der Waals surface area contributed by atoms with Crippen LogP contribution in [0.5, 0.6) is 5.75 Å². The van der Waals surface area contributed by atoms with Crippen LogP contribution in [-0.4, -0.2) is 130 Å². The number of carbonyl (C=O) groups is 1. The van der Waals surface area contributed by atoms with Gasteiger partial charge in [0.05, 0.1) is 92.5 Å². The summed E-state index contributed by atoms with van der Waals surface area (Å²) in [6.45, 7) is 10.3. The fraction of sp³-hybridized carbons (Fsp3) is 0.587. The Morgan fingerprint density at radius 1 is 0.526 bits per heavy atom. The number of aryl methyl sites for hydroxylation is 1. The van der Waals surface area contributed by atoms with Gasteiger partial charge in [0.15, 0.2) is 0 Å². The number of benzene rings is 3. The van der Waals surface area contributed by atoms with Crippen molar-refractivity contribution in [3.05, 3.63) is 89.5 Å². The van der Waals surface area contributed by atoms with Crippen LogP contribution in [0.2, 0.25) is 0 Å². The van der Waals surface area contributed by atoms with E-state index in [4.69, 9.17) is 42.6 Å². The highest BCUT2D eigenvalue weighted by molar-refractivity contribution is 5.79. The van der Waals surface area contributed by atoms with Crippen LogP contribution in [0.3, 0.4) is 0 Å². The van der Waals surface area contributed by atoms with E-state index >= 15 is 0 Å². The third-order valence-corrected chi connectivity index (χ3v) is 9.69. The molecule has 11 heteroatoms. The van der Waals surface area contributed by atoms with E-state index < -0.39 is 0 Å². The molecule has 57 heavy (non-hydrogen) atoms. The molecule has 0 bridgehead atoms. The maximum Gasteiger partial charge on any atom is 0.409 e. The van der Waals surface area contributed by atoms with Gasteiger partial charge in [-0.15, -0.1) is 0 Å². The normalized spacial score (nSPS) is 12.1. The van der Waals surface area contributed by atoms with Gasteiger partial charge in [0.1, 0.15) is 19.0 Å². The van der Waals surface area contributed by atoms with Gasteiger partial charge in [0.2, 0.25) is 0 Å². The van der Waals surface area contributed by atoms with Crippen LogP contribution in [0.25, 0.3) is 11.1 Å². The summed E-state index contributed by atoms with van der Waals surface area (Å²) in [5.41, 5.74) is 6.18. The standard InChI is InChI=1S/C46H67NO10/c1-3-4-5-6-7-8-13-39-18-20-40(21-19-39)56-37-36-55-35-34-54-33-32-53-31-30-52-29-28-51-27-26-50-25-24-49-23-22-47(2)46(48)57-38-45-43-16-11-9-14-41(43)42-15-10-12-17-44(42)45/h9-12,14-21,45H,3-8,13,22-38H2,1-2H3. The lowest BCUT2D eigenvalue weighted by molar-refractivity contribution is -0.0215. The molecule has 0 aromatic heterocycles. The van der Waals surface area contributed by atoms with Crippen molar-refractivity contribution >= 4 is 6.09 Å². The third kappa shape index (κ3) is 18.7. The van der Waals surface area contributed by atoms with Gasteiger partial charge in [-0.2, -0.15) is 0 Å². The highest BCUT2D eigenvalue weighted by Gasteiger charge is 2.29. The predicted molar refractivity (Wildman–Crippen MR) is 222 cm³/mol. The largest absolute Gasteiger partial charge is 0.491 e. The second-order valence-electron chi connectivity index (χ2n) is 14.0. The number of unbranched alkanes of at least 4 members (excludes halogenated alkanes) is 5. The van der Waals surface area contributed by atoms with E-state index in [1.54, 1.807) is 7.05 Å². The summed E-state index contributed by atoms with van der Waals surface area (Å²) >= 11 is 0. The summed E-state index contributed by atoms with van der Waals surface area (Å²) < 4.78 is 50.5. The van der Waals surface area contributed by atoms with Crippen LogP contribution in [0, 0.1) is 0 Å². The van der Waals surface area contributed by atoms with E-state index in [0.29, 0.717) is 112 Å². The molecule has 1 aliphatic carbocycles. The molecule has 1 aliphatic rings. The fourth-order valence-electron chi connectivity index (χ4n) is 6.50. The molecule has 0 radical (unpaired) electrons. The molecule has 0 unspecified atom stereocenters. The van der Waals surface area contributed by atoms with Crippen molar-refractivity contribution < 1.29 is 47.4 Å². The van der Waals surface area contributed by atoms with E-state index in [1.165, 1.54) is 71.2 Å². The summed E-state index contributed by atoms with van der Waals surface area (Å²) in [4.78, 5) is 14.2. The smallest absolute Gasteiger partial charge is 0.409 e. The maximum atomic E-state index is 12.6. The lowest BCUT2D eigenvalue weighted by Gasteiger charge is -2.19. The van der Waals surface area contributed by atoms with Gasteiger partial charge in [0, 0.05) is 19.5 Å². The van der Waals surface area contributed by atoms with Crippen molar-refractivity contribution in [3.63, 3.8) is 0 Å². The molecule has 11 nitrogen and oxygen atoms in total. The van der Waals surface area contributed by atoms with Gasteiger partial charge in [0.25, 0.3) is 0 Å². The molecule has 0 atom stereocenters. The van der Waals surface area contributed by atoms with Gasteiger partial charge >= 0.3 is 6.09 Å². The van der Waals surface area contributed by atoms with E-state index in [-0.39, 0.29) is 12.0 Å². The summed E-state index contributed by atoms with van der Waals surface area (Å²) in [7, 11) is 1.72. The first kappa shape index (κ1) is 46.1. The Hall–Kier alpha value is -3.55. The maximum absolute atomic E-state index is 12.6. The monoisotopic (exact) mass is 793 g/mol. The summed E-state index contributed by atoms with van der Waals surface area (Å²) in [6.07, 6.45) is 8.70. The number of nitrogens with zero attached hydrogens (tertiary/aromatic N) is 1. The molecular formula is C46H67NO10. The molecule has 3 aromatic rings. The van der Waals surface area contributed by atoms with Gasteiger partial charge in [-0.3, -0.25) is 0 Å². The van der Waals surface area contributed by atoms with Crippen molar-refractivity contribution in [1.29, 1.82) is 0 Å².